The molecule has 0 radical (unpaired) electrons. The van der Waals surface area contributed by atoms with Crippen molar-refractivity contribution in [3.8, 4) is 0 Å². The van der Waals surface area contributed by atoms with Crippen molar-refractivity contribution in [2.24, 2.45) is 0 Å². The van der Waals surface area contributed by atoms with Gasteiger partial charge < -0.3 is 15.1 Å². The smallest absolute Gasteiger partial charge is 0.261 e. The number of nitrogens with zero attached hydrogens (tertiary/aromatic N) is 2. The van der Waals surface area contributed by atoms with Crippen LogP contribution in [0.3, 0.4) is 0 Å². The minimum Gasteiger partial charge on any atom is -0.351 e. The van der Waals surface area contributed by atoms with Gasteiger partial charge >= 0.3 is 0 Å². The molecule has 6 heteroatoms. The fourth-order valence-corrected chi connectivity index (χ4v) is 5.69. The number of piperidine rings is 2. The van der Waals surface area contributed by atoms with E-state index in [9.17, 15) is 4.79 Å². The van der Waals surface area contributed by atoms with Crippen LogP contribution >= 0.6 is 27.3 Å². The first-order chi connectivity index (χ1) is 12.1. The van der Waals surface area contributed by atoms with Crippen LogP contribution in [-0.4, -0.2) is 61.0 Å². The van der Waals surface area contributed by atoms with Gasteiger partial charge in [0.1, 0.15) is 0 Å². The molecule has 0 spiro atoms. The summed E-state index contributed by atoms with van der Waals surface area (Å²) in [6.07, 6.45) is 7.86. The fourth-order valence-electron chi connectivity index (χ4n) is 4.05. The molecule has 3 rings (SSSR count). The Hall–Kier alpha value is -0.430. The second-order valence-electron chi connectivity index (χ2n) is 7.34. The quantitative estimate of drug-likeness (QED) is 0.699. The van der Waals surface area contributed by atoms with Crippen molar-refractivity contribution in [1.29, 1.82) is 0 Å². The largest absolute Gasteiger partial charge is 0.351 e. The average Bonchev–Trinajstić information content (AvgIpc) is 2.98. The van der Waals surface area contributed by atoms with Crippen molar-refractivity contribution in [2.75, 3.05) is 39.3 Å². The number of likely N-dealkylation sites (tertiary alicyclic amines) is 2. The van der Waals surface area contributed by atoms with Crippen LogP contribution in [0.4, 0.5) is 0 Å². The average molecular weight is 428 g/mol. The van der Waals surface area contributed by atoms with Crippen molar-refractivity contribution < 1.29 is 4.79 Å². The molecule has 4 nitrogen and oxygen atoms in total. The Morgan fingerprint density at radius 1 is 1.24 bits per heavy atom. The molecule has 2 fully saturated rings. The first kappa shape index (κ1) is 19.3. The van der Waals surface area contributed by atoms with Crippen LogP contribution in [0.1, 0.15) is 53.8 Å². The summed E-state index contributed by atoms with van der Waals surface area (Å²) in [7, 11) is 0. The van der Waals surface area contributed by atoms with Crippen LogP contribution in [0.2, 0.25) is 0 Å². The van der Waals surface area contributed by atoms with Crippen LogP contribution in [-0.2, 0) is 0 Å². The molecule has 1 aromatic rings. The van der Waals surface area contributed by atoms with Gasteiger partial charge in [0.2, 0.25) is 0 Å². The Morgan fingerprint density at radius 2 is 1.96 bits per heavy atom. The zero-order valence-electron chi connectivity index (χ0n) is 15.2. The highest BCUT2D eigenvalue weighted by Gasteiger charge is 2.25. The maximum atomic E-state index is 12.2. The summed E-state index contributed by atoms with van der Waals surface area (Å²) in [5.74, 6) is 0.0667. The summed E-state index contributed by atoms with van der Waals surface area (Å²) in [6, 6.07) is 2.82. The monoisotopic (exact) mass is 427 g/mol. The molecular formula is C19H30BrN3OS. The molecule has 2 saturated heterocycles. The van der Waals surface area contributed by atoms with Crippen LogP contribution in [0, 0.1) is 6.92 Å². The number of hydrogen-bond donors (Lipinski definition) is 1. The number of thiophene rings is 1. The minimum atomic E-state index is 0.0667. The van der Waals surface area contributed by atoms with E-state index in [4.69, 9.17) is 0 Å². The van der Waals surface area contributed by atoms with Crippen molar-refractivity contribution >= 4 is 33.2 Å². The Kier molecular flexibility index (Phi) is 7.34. The maximum absolute atomic E-state index is 12.2. The minimum absolute atomic E-state index is 0.0667. The van der Waals surface area contributed by atoms with E-state index in [1.165, 1.54) is 69.6 Å². The summed E-state index contributed by atoms with van der Waals surface area (Å²) in [4.78, 5) is 18.3. The van der Waals surface area contributed by atoms with E-state index < -0.39 is 0 Å². The molecule has 3 heterocycles. The Bertz CT molecular complexity index is 563. The third-order valence-corrected chi connectivity index (χ3v) is 7.23. The van der Waals surface area contributed by atoms with Crippen molar-refractivity contribution in [3.05, 3.63) is 20.3 Å². The summed E-state index contributed by atoms with van der Waals surface area (Å²) in [5, 5.41) is 3.07. The van der Waals surface area contributed by atoms with E-state index in [0.29, 0.717) is 0 Å². The fraction of sp³-hybridized carbons (Fsp3) is 0.737. The number of halogens is 1. The highest BCUT2D eigenvalue weighted by molar-refractivity contribution is 9.11. The highest BCUT2D eigenvalue weighted by Crippen LogP contribution is 2.26. The number of carbonyl (C=O) groups excluding carboxylic acids is 1. The topological polar surface area (TPSA) is 35.6 Å². The van der Waals surface area contributed by atoms with Gasteiger partial charge in [-0.1, -0.05) is 6.42 Å². The van der Waals surface area contributed by atoms with Gasteiger partial charge in [0.15, 0.2) is 0 Å². The summed E-state index contributed by atoms with van der Waals surface area (Å²) >= 11 is 4.96. The molecule has 2 aliphatic heterocycles. The molecular weight excluding hydrogens is 398 g/mol. The second-order valence-corrected chi connectivity index (χ2v) is 9.77. The van der Waals surface area contributed by atoms with Crippen molar-refractivity contribution in [2.45, 2.75) is 51.5 Å². The molecule has 0 aromatic carbocycles. The molecule has 0 unspecified atom stereocenters. The van der Waals surface area contributed by atoms with Gasteiger partial charge in [-0.2, -0.15) is 0 Å². The molecule has 1 N–H and O–H groups in total. The van der Waals surface area contributed by atoms with Gasteiger partial charge in [-0.05, 0) is 99.3 Å². The number of aryl methyl sites for hydroxylation is 1. The first-order valence-corrected chi connectivity index (χ1v) is 11.2. The van der Waals surface area contributed by atoms with Gasteiger partial charge in [0, 0.05) is 12.6 Å². The third-order valence-electron chi connectivity index (χ3n) is 5.49. The molecule has 0 atom stereocenters. The summed E-state index contributed by atoms with van der Waals surface area (Å²) in [6.45, 7) is 8.91. The van der Waals surface area contributed by atoms with E-state index in [-0.39, 0.29) is 5.91 Å². The molecule has 0 bridgehead atoms. The van der Waals surface area contributed by atoms with Gasteiger partial charge in [-0.25, -0.2) is 0 Å². The highest BCUT2D eigenvalue weighted by atomic mass is 79.9. The Balaban J connectivity index is 1.31. The van der Waals surface area contributed by atoms with Crippen LogP contribution in [0.25, 0.3) is 0 Å². The lowest BCUT2D eigenvalue weighted by molar-refractivity contribution is 0.0904. The van der Waals surface area contributed by atoms with Crippen LogP contribution in [0.5, 0.6) is 0 Å². The van der Waals surface area contributed by atoms with Crippen molar-refractivity contribution in [3.63, 3.8) is 0 Å². The van der Waals surface area contributed by atoms with Gasteiger partial charge in [-0.15, -0.1) is 11.3 Å². The Labute approximate surface area is 164 Å². The van der Waals surface area contributed by atoms with E-state index in [1.807, 2.05) is 13.0 Å². The predicted molar refractivity (Wildman–Crippen MR) is 109 cm³/mol. The number of amides is 1. The van der Waals surface area contributed by atoms with Crippen LogP contribution < -0.4 is 5.32 Å². The van der Waals surface area contributed by atoms with E-state index in [2.05, 4.69) is 31.0 Å². The molecule has 25 heavy (non-hydrogen) atoms. The second kappa shape index (κ2) is 9.49. The Morgan fingerprint density at radius 3 is 2.60 bits per heavy atom. The number of hydrogen-bond acceptors (Lipinski definition) is 4. The van der Waals surface area contributed by atoms with Gasteiger partial charge in [0.05, 0.1) is 8.66 Å². The standard InChI is InChI=1S/C19H30BrN3OS/c1-15-14-17(20)25-18(15)19(24)21-8-5-9-22-12-6-16(7-13-22)23-10-3-2-4-11-23/h14,16H,2-13H2,1H3,(H,21,24). The lowest BCUT2D eigenvalue weighted by Gasteiger charge is -2.40. The molecule has 2 aliphatic rings. The molecule has 1 aromatic heterocycles. The van der Waals surface area contributed by atoms with E-state index >= 15 is 0 Å². The lowest BCUT2D eigenvalue weighted by atomic mass is 10.00. The van der Waals surface area contributed by atoms with Crippen LogP contribution in [0.15, 0.2) is 9.85 Å². The van der Waals surface area contributed by atoms with Gasteiger partial charge in [0.25, 0.3) is 5.91 Å². The molecule has 1 amide bonds. The normalized spacial score (nSPS) is 20.7. The zero-order chi connectivity index (χ0) is 17.6. The number of carbonyl (C=O) groups is 1. The maximum Gasteiger partial charge on any atom is 0.261 e. The molecule has 140 valence electrons. The van der Waals surface area contributed by atoms with Gasteiger partial charge in [-0.3, -0.25) is 4.79 Å². The molecule has 0 aliphatic carbocycles. The number of nitrogens with one attached hydrogen (secondary N) is 1. The first-order valence-electron chi connectivity index (χ1n) is 9.64. The van der Waals surface area contributed by atoms with E-state index in [0.717, 1.165) is 39.8 Å². The zero-order valence-corrected chi connectivity index (χ0v) is 17.6. The third kappa shape index (κ3) is 5.52. The molecule has 0 saturated carbocycles. The van der Waals surface area contributed by atoms with E-state index in [1.54, 1.807) is 0 Å². The van der Waals surface area contributed by atoms with Crippen molar-refractivity contribution in [1.82, 2.24) is 15.1 Å². The SMILES string of the molecule is Cc1cc(Br)sc1C(=O)NCCCN1CCC(N2CCCCC2)CC1. The summed E-state index contributed by atoms with van der Waals surface area (Å²) in [5.41, 5.74) is 1.05. The number of rotatable bonds is 6. The predicted octanol–water partition coefficient (Wildman–Crippen LogP) is 3.89. The lowest BCUT2D eigenvalue weighted by Crippen LogP contribution is -2.47. The summed E-state index contributed by atoms with van der Waals surface area (Å²) < 4.78 is 1.02.